The quantitative estimate of drug-likeness (QED) is 0.0826. The third-order valence-electron chi connectivity index (χ3n) is 0. The molecule has 0 amide bonds. The van der Waals surface area contributed by atoms with E-state index in [2.05, 4.69) is 23.4 Å². The molecule has 0 saturated carbocycles. The molecule has 0 aliphatic carbocycles. The molecule has 0 unspecified atom stereocenters. The maximum absolute atomic E-state index is 8.93. The molecule has 0 aliphatic heterocycles. The van der Waals surface area contributed by atoms with Crippen LogP contribution in [0.25, 0.3) is 0 Å². The molecule has 0 saturated heterocycles. The van der Waals surface area contributed by atoms with E-state index in [1.165, 1.54) is 0 Å². The molecule has 0 rings (SSSR count). The van der Waals surface area contributed by atoms with Crippen LogP contribution in [-0.4, -0.2) is 62.0 Å². The average Bonchev–Trinajstić information content (AvgIpc) is 1.62. The van der Waals surface area contributed by atoms with E-state index in [0.29, 0.717) is 0 Å². The Morgan fingerprint density at radius 3 is 0.429 bits per heavy atom. The number of hydrogen-bond acceptors (Lipinski definition) is 16. The van der Waals surface area contributed by atoms with Gasteiger partial charge in [-0.15, -0.1) is 23.4 Å². The van der Waals surface area contributed by atoms with E-state index in [1.807, 2.05) is 0 Å². The van der Waals surface area contributed by atoms with E-state index in [-0.39, 0.29) is 21.1 Å². The molecule has 21 heavy (non-hydrogen) atoms. The molecule has 0 heterocycles. The predicted molar refractivity (Wildman–Crippen MR) is 45.6 cm³/mol. The van der Waals surface area contributed by atoms with E-state index < -0.39 is 20.3 Å². The van der Waals surface area contributed by atoms with Gasteiger partial charge in [0.2, 0.25) is 0 Å². The smallest absolute Gasteiger partial charge is 0.00140 e. The van der Waals surface area contributed by atoms with Crippen LogP contribution in [0, 0.1) is 20.8 Å². The maximum atomic E-state index is 8.93. The average molecular weight is 515 g/mol. The summed E-state index contributed by atoms with van der Waals surface area (Å²) < 4.78 is 0. The van der Waals surface area contributed by atoms with Crippen molar-refractivity contribution in [1.82, 2.24) is 0 Å². The van der Waals surface area contributed by atoms with Gasteiger partial charge >= 0.3 is 0 Å². The van der Waals surface area contributed by atoms with Gasteiger partial charge in [-0.05, 0) is 0 Å². The molecule has 20 nitrogen and oxygen atoms in total. The SMILES string of the molecule is N[N+]([O-])(O)O.N[N+]([O-])(O)O.N[N+]([O-])(O)O.N[N+]([O-])(O)O.[Pt]. The predicted octanol–water partition coefficient (Wildman–Crippen LogP) is -4.19. The Kier molecular flexibility index (Phi) is 19.4. The molecule has 0 aromatic carbocycles. The van der Waals surface area contributed by atoms with Gasteiger partial charge in [0, 0.05) is 41.4 Å². The number of quaternary nitrogens is 4. The van der Waals surface area contributed by atoms with Crippen LogP contribution in [-0.2, 0) is 21.1 Å². The minimum absolute atomic E-state index is 0. The molecule has 138 valence electrons. The first-order valence-electron chi connectivity index (χ1n) is 3.36. The Balaban J connectivity index is -0.0000000533. The van der Waals surface area contributed by atoms with Gasteiger partial charge in [-0.2, -0.15) is 41.7 Å². The van der Waals surface area contributed by atoms with Gasteiger partial charge in [0.15, 0.2) is 0 Å². The molecule has 21 heteroatoms. The second-order valence-corrected chi connectivity index (χ2v) is 2.36. The molecular weight excluding hydrogens is 499 g/mol. The summed E-state index contributed by atoms with van der Waals surface area (Å²) in [5.41, 5.74) is 0. The van der Waals surface area contributed by atoms with Crippen molar-refractivity contribution in [2.24, 2.45) is 23.4 Å². The molecule has 0 aliphatic rings. The number of nitrogens with two attached hydrogens (primary N) is 4. The first-order chi connectivity index (χ1) is 8.00. The minimum Gasteiger partial charge on any atom is -0.543 e. The van der Waals surface area contributed by atoms with Crippen molar-refractivity contribution in [1.29, 1.82) is 0 Å². The Hall–Kier alpha value is -0.112. The third kappa shape index (κ3) is 510000. The van der Waals surface area contributed by atoms with E-state index in [4.69, 9.17) is 62.5 Å². The topological polar surface area (TPSA) is 358 Å². The van der Waals surface area contributed by atoms with Crippen molar-refractivity contribution in [3.8, 4) is 0 Å². The molecule has 0 atom stereocenters. The van der Waals surface area contributed by atoms with Gasteiger partial charge in [-0.1, -0.05) is 0 Å². The van der Waals surface area contributed by atoms with Crippen molar-refractivity contribution in [2.75, 3.05) is 0 Å². The summed E-state index contributed by atoms with van der Waals surface area (Å²) in [6.45, 7) is 0. The first-order valence-corrected chi connectivity index (χ1v) is 3.36. The molecule has 0 aromatic heterocycles. The van der Waals surface area contributed by atoms with Crippen LogP contribution in [0.1, 0.15) is 0 Å². The minimum atomic E-state index is -2.75. The summed E-state index contributed by atoms with van der Waals surface area (Å²) in [6, 6.07) is 0. The van der Waals surface area contributed by atoms with Gasteiger partial charge in [0.25, 0.3) is 0 Å². The van der Waals surface area contributed by atoms with Crippen LogP contribution >= 0.6 is 0 Å². The largest absolute Gasteiger partial charge is 0.543 e. The monoisotopic (exact) mass is 515 g/mol. The zero-order chi connectivity index (χ0) is 18.0. The van der Waals surface area contributed by atoms with E-state index in [9.17, 15) is 0 Å². The molecule has 0 fully saturated rings. The van der Waals surface area contributed by atoms with Crippen molar-refractivity contribution >= 4 is 0 Å². The van der Waals surface area contributed by atoms with Crippen LogP contribution in [0.2, 0.25) is 0 Å². The van der Waals surface area contributed by atoms with Crippen LogP contribution < -0.4 is 23.4 Å². The molecular formula is H16N8O12Pt. The summed E-state index contributed by atoms with van der Waals surface area (Å²) in [6.07, 6.45) is 0. The van der Waals surface area contributed by atoms with Crippen molar-refractivity contribution in [2.45, 2.75) is 0 Å². The normalized spacial score (nSPS) is 11.4. The third-order valence-corrected chi connectivity index (χ3v) is 0. The fourth-order valence-electron chi connectivity index (χ4n) is 0. The van der Waals surface area contributed by atoms with Gasteiger partial charge in [0.05, 0.1) is 0 Å². The standard InChI is InChI=1S/4H4N2O3.Pt/c4*1-2(3,4)5;/h4*3-4H,1H2;. The van der Waals surface area contributed by atoms with Crippen molar-refractivity contribution in [3.05, 3.63) is 20.8 Å². The summed E-state index contributed by atoms with van der Waals surface area (Å²) in [5.74, 6) is 15.4. The Bertz CT molecular complexity index is 135. The fourth-order valence-corrected chi connectivity index (χ4v) is 0. The molecule has 0 aromatic rings. The zero-order valence-electron chi connectivity index (χ0n) is 9.63. The summed E-state index contributed by atoms with van der Waals surface area (Å²) in [7, 11) is 0. The fraction of sp³-hybridized carbons (Fsp3) is 0. The van der Waals surface area contributed by atoms with E-state index >= 15 is 0 Å². The number of nitrogens with zero attached hydrogens (tertiary/aromatic N) is 4. The van der Waals surface area contributed by atoms with Crippen LogP contribution in [0.15, 0.2) is 0 Å². The maximum Gasteiger partial charge on any atom is 0.00140 e. The van der Waals surface area contributed by atoms with E-state index in [0.717, 1.165) is 0 Å². The zero-order valence-corrected chi connectivity index (χ0v) is 11.9. The second kappa shape index (κ2) is 12.4. The summed E-state index contributed by atoms with van der Waals surface area (Å²) >= 11 is 0. The Morgan fingerprint density at radius 2 is 0.429 bits per heavy atom. The Labute approximate surface area is 128 Å². The second-order valence-electron chi connectivity index (χ2n) is 2.36. The number of hydrogen-bond donors (Lipinski definition) is 12. The molecule has 0 bridgehead atoms. The molecule has 0 radical (unpaired) electrons. The van der Waals surface area contributed by atoms with Crippen molar-refractivity contribution in [3.63, 3.8) is 0 Å². The van der Waals surface area contributed by atoms with Gasteiger partial charge in [-0.3, -0.25) is 0 Å². The van der Waals surface area contributed by atoms with Crippen LogP contribution in [0.3, 0.4) is 0 Å². The summed E-state index contributed by atoms with van der Waals surface area (Å²) in [4.78, 5) is 0. The van der Waals surface area contributed by atoms with Crippen LogP contribution in [0.4, 0.5) is 0 Å². The molecule has 0 spiro atoms. The Morgan fingerprint density at radius 1 is 0.429 bits per heavy atom. The summed E-state index contributed by atoms with van der Waals surface area (Å²) in [5, 5.41) is 82.6. The van der Waals surface area contributed by atoms with E-state index in [1.54, 1.807) is 0 Å². The number of rotatable bonds is 0. The van der Waals surface area contributed by atoms with Gasteiger partial charge in [-0.25, -0.2) is 0 Å². The first kappa shape index (κ1) is 32.7. The van der Waals surface area contributed by atoms with Crippen LogP contribution in [0.5, 0.6) is 0 Å². The van der Waals surface area contributed by atoms with Crippen molar-refractivity contribution < 1.29 is 83.1 Å². The van der Waals surface area contributed by atoms with Gasteiger partial charge < -0.3 is 20.8 Å². The van der Waals surface area contributed by atoms with Gasteiger partial charge in [0.1, 0.15) is 0 Å². The molecule has 16 N–H and O–H groups in total.